The van der Waals surface area contributed by atoms with Gasteiger partial charge in [0.05, 0.1) is 0 Å². The van der Waals surface area contributed by atoms with Crippen LogP contribution in [0.2, 0.25) is 0 Å². The number of aromatic hydroxyl groups is 1. The van der Waals surface area contributed by atoms with Crippen molar-refractivity contribution in [3.8, 4) is 16.9 Å². The first-order valence-corrected chi connectivity index (χ1v) is 17.3. The third kappa shape index (κ3) is 4.67. The van der Waals surface area contributed by atoms with Gasteiger partial charge in [0.2, 0.25) is 0 Å². The van der Waals surface area contributed by atoms with E-state index in [4.69, 9.17) is 0 Å². The second kappa shape index (κ2) is 9.27. The Bertz CT molecular complexity index is 1640. The molecule has 2 nitrogen and oxygen atoms in total. The highest BCUT2D eigenvalue weighted by Crippen LogP contribution is 2.60. The van der Waals surface area contributed by atoms with Crippen LogP contribution in [0.5, 0.6) is 5.75 Å². The van der Waals surface area contributed by atoms with Crippen molar-refractivity contribution < 1.29 is 10.2 Å². The predicted molar refractivity (Wildman–Crippen MR) is 190 cm³/mol. The summed E-state index contributed by atoms with van der Waals surface area (Å²) >= 11 is 0. The molecule has 0 unspecified atom stereocenters. The molecule has 0 bridgehead atoms. The largest absolute Gasteiger partial charge is 0.507 e. The first-order chi connectivity index (χ1) is 20.3. The van der Waals surface area contributed by atoms with Crippen molar-refractivity contribution in [2.24, 2.45) is 0 Å². The third-order valence-electron chi connectivity index (χ3n) is 12.2. The fourth-order valence-electron chi connectivity index (χ4n) is 8.62. The maximum Gasteiger partial charge on any atom is 0.145 e. The second-order valence-electron chi connectivity index (χ2n) is 19.6. The Balaban J connectivity index is 1.80. The number of phenolic OH excluding ortho intramolecular Hbond substituents is 1. The lowest BCUT2D eigenvalue weighted by molar-refractivity contribution is 0.126. The van der Waals surface area contributed by atoms with E-state index in [2.05, 4.69) is 133 Å². The first kappa shape index (κ1) is 32.4. The standard InChI is InChI=1S/C43H58O2/c1-37(2,3)25-19-34(38(4,5)6)36(44)35(20-25)43(45)28-23-32-30(39(7,8)15-17-41(32,11)12)21-26(28)27-22-31-33(24-29(27)43)42(13,14)18-16-40(31,9)10/h19-24,44-45H,15-18H2,1-14H3. The summed E-state index contributed by atoms with van der Waals surface area (Å²) in [5.74, 6) is 0.214. The third-order valence-corrected chi connectivity index (χ3v) is 12.2. The van der Waals surface area contributed by atoms with E-state index in [1.807, 2.05) is 0 Å². The van der Waals surface area contributed by atoms with Gasteiger partial charge in [0, 0.05) is 16.7 Å². The van der Waals surface area contributed by atoms with E-state index in [0.717, 1.165) is 59.1 Å². The van der Waals surface area contributed by atoms with Crippen LogP contribution in [-0.2, 0) is 38.1 Å². The number of rotatable bonds is 1. The van der Waals surface area contributed by atoms with Gasteiger partial charge in [0.15, 0.2) is 0 Å². The summed E-state index contributed by atoms with van der Waals surface area (Å²) < 4.78 is 0. The maximum atomic E-state index is 13.7. The highest BCUT2D eigenvalue weighted by atomic mass is 16.3. The smallest absolute Gasteiger partial charge is 0.145 e. The van der Waals surface area contributed by atoms with Gasteiger partial charge in [-0.1, -0.05) is 115 Å². The SMILES string of the molecule is CC(C)(C)c1cc(C(C)(C)C)c(O)c(C2(O)c3cc4c(cc3-c3cc5c(cc32)C(C)(C)CCC5(C)C)C(C)(C)CCC4(C)C)c1. The van der Waals surface area contributed by atoms with Crippen molar-refractivity contribution in [3.05, 3.63) is 86.5 Å². The minimum absolute atomic E-state index is 0.00927. The van der Waals surface area contributed by atoms with Gasteiger partial charge in [-0.3, -0.25) is 0 Å². The normalized spacial score (nSPS) is 21.8. The summed E-state index contributed by atoms with van der Waals surface area (Å²) in [6, 6.07) is 13.8. The Morgan fingerprint density at radius 2 is 0.822 bits per heavy atom. The van der Waals surface area contributed by atoms with Crippen molar-refractivity contribution in [1.29, 1.82) is 0 Å². The fraction of sp³-hybridized carbons (Fsp3) is 0.581. The lowest BCUT2D eigenvalue weighted by atomic mass is 9.62. The molecule has 0 aromatic heterocycles. The number of aliphatic hydroxyl groups is 1. The quantitative estimate of drug-likeness (QED) is 0.289. The van der Waals surface area contributed by atoms with Crippen molar-refractivity contribution in [3.63, 3.8) is 0 Å². The molecule has 0 fully saturated rings. The molecule has 0 atom stereocenters. The van der Waals surface area contributed by atoms with Crippen LogP contribution in [-0.4, -0.2) is 10.2 Å². The molecule has 0 aliphatic heterocycles. The minimum atomic E-state index is -1.49. The van der Waals surface area contributed by atoms with Crippen molar-refractivity contribution in [1.82, 2.24) is 0 Å². The van der Waals surface area contributed by atoms with Gasteiger partial charge in [-0.15, -0.1) is 0 Å². The molecule has 6 rings (SSSR count). The van der Waals surface area contributed by atoms with Crippen LogP contribution in [0.4, 0.5) is 0 Å². The molecule has 2 N–H and O–H groups in total. The van der Waals surface area contributed by atoms with E-state index in [1.54, 1.807) is 0 Å². The summed E-state index contributed by atoms with van der Waals surface area (Å²) in [4.78, 5) is 0. The Kier molecular flexibility index (Phi) is 6.67. The number of benzene rings is 3. The summed E-state index contributed by atoms with van der Waals surface area (Å²) in [5, 5.41) is 26.0. The Morgan fingerprint density at radius 1 is 0.467 bits per heavy atom. The van der Waals surface area contributed by atoms with Gasteiger partial charge >= 0.3 is 0 Å². The summed E-state index contributed by atoms with van der Waals surface area (Å²) in [6.45, 7) is 32.1. The zero-order valence-electron chi connectivity index (χ0n) is 30.7. The Labute approximate surface area is 273 Å². The first-order valence-electron chi connectivity index (χ1n) is 17.3. The van der Waals surface area contributed by atoms with E-state index in [9.17, 15) is 10.2 Å². The molecule has 3 aliphatic carbocycles. The van der Waals surface area contributed by atoms with Crippen LogP contribution >= 0.6 is 0 Å². The summed E-state index contributed by atoms with van der Waals surface area (Å²) in [7, 11) is 0. The van der Waals surface area contributed by atoms with Gasteiger partial charge in [-0.2, -0.15) is 0 Å². The molecular formula is C43H58O2. The molecule has 3 aliphatic rings. The van der Waals surface area contributed by atoms with E-state index >= 15 is 0 Å². The van der Waals surface area contributed by atoms with Crippen molar-refractivity contribution >= 4 is 0 Å². The number of phenols is 1. The van der Waals surface area contributed by atoms with Gasteiger partial charge in [0.25, 0.3) is 0 Å². The van der Waals surface area contributed by atoms with Crippen molar-refractivity contribution in [2.45, 2.75) is 161 Å². The predicted octanol–water partition coefficient (Wildman–Crippen LogP) is 10.9. The zero-order valence-corrected chi connectivity index (χ0v) is 30.7. The maximum absolute atomic E-state index is 13.7. The Hall–Kier alpha value is -2.58. The van der Waals surface area contributed by atoms with E-state index < -0.39 is 5.60 Å². The van der Waals surface area contributed by atoms with Crippen LogP contribution in [0.25, 0.3) is 11.1 Å². The topological polar surface area (TPSA) is 40.5 Å². The Morgan fingerprint density at radius 3 is 1.16 bits per heavy atom. The van der Waals surface area contributed by atoms with Crippen LogP contribution in [0.3, 0.4) is 0 Å². The summed E-state index contributed by atoms with van der Waals surface area (Å²) in [5.41, 5.74) is 10.3. The highest BCUT2D eigenvalue weighted by Gasteiger charge is 2.50. The molecule has 0 amide bonds. The van der Waals surface area contributed by atoms with E-state index in [0.29, 0.717) is 5.56 Å². The molecule has 3 aromatic rings. The fourth-order valence-corrected chi connectivity index (χ4v) is 8.62. The van der Waals surface area contributed by atoms with Crippen LogP contribution in [0.1, 0.15) is 173 Å². The van der Waals surface area contributed by atoms with E-state index in [-0.39, 0.29) is 38.2 Å². The number of hydrogen-bond acceptors (Lipinski definition) is 2. The zero-order chi connectivity index (χ0) is 33.5. The second-order valence-corrected chi connectivity index (χ2v) is 19.6. The lowest BCUT2D eigenvalue weighted by Gasteiger charge is -2.43. The van der Waals surface area contributed by atoms with Gasteiger partial charge < -0.3 is 10.2 Å². The number of fused-ring (bicyclic) bond motifs is 5. The van der Waals surface area contributed by atoms with Crippen LogP contribution < -0.4 is 0 Å². The molecule has 0 saturated heterocycles. The highest BCUT2D eigenvalue weighted by molar-refractivity contribution is 5.86. The molecule has 242 valence electrons. The minimum Gasteiger partial charge on any atom is -0.507 e. The molecule has 3 aromatic carbocycles. The molecule has 45 heavy (non-hydrogen) atoms. The van der Waals surface area contributed by atoms with E-state index in [1.165, 1.54) is 22.3 Å². The van der Waals surface area contributed by atoms with Gasteiger partial charge in [-0.05, 0) is 121 Å². The summed E-state index contributed by atoms with van der Waals surface area (Å²) in [6.07, 6.45) is 4.48. The monoisotopic (exact) mass is 606 g/mol. The molecular weight excluding hydrogens is 548 g/mol. The average Bonchev–Trinajstić information content (AvgIpc) is 3.15. The molecule has 2 heteroatoms. The molecule has 0 spiro atoms. The average molecular weight is 607 g/mol. The van der Waals surface area contributed by atoms with Gasteiger partial charge in [-0.25, -0.2) is 0 Å². The molecule has 0 saturated carbocycles. The van der Waals surface area contributed by atoms with Crippen LogP contribution in [0, 0.1) is 0 Å². The molecule has 0 heterocycles. The molecule has 0 radical (unpaired) electrons. The van der Waals surface area contributed by atoms with Crippen molar-refractivity contribution in [2.75, 3.05) is 0 Å². The lowest BCUT2D eigenvalue weighted by Crippen LogP contribution is -2.36. The van der Waals surface area contributed by atoms with Crippen LogP contribution in [0.15, 0.2) is 36.4 Å². The van der Waals surface area contributed by atoms with Gasteiger partial charge in [0.1, 0.15) is 11.4 Å². The number of hydrogen-bond donors (Lipinski definition) is 2.